The van der Waals surface area contributed by atoms with Crippen LogP contribution in [0.3, 0.4) is 0 Å². The van der Waals surface area contributed by atoms with Crippen LogP contribution in [0.1, 0.15) is 19.8 Å². The number of hydrogen-bond donors (Lipinski definition) is 3. The van der Waals surface area contributed by atoms with E-state index in [2.05, 4.69) is 5.32 Å². The largest absolute Gasteiger partial charge is 0.370 e. The zero-order valence-electron chi connectivity index (χ0n) is 7.17. The molecule has 0 aromatic carbocycles. The van der Waals surface area contributed by atoms with Crippen molar-refractivity contribution in [2.75, 3.05) is 6.54 Å². The summed E-state index contributed by atoms with van der Waals surface area (Å²) in [5.41, 5.74) is 10.2. The SMILES string of the molecule is CC(N)CC(=O)NCCC(N)=O. The fourth-order valence-electron chi connectivity index (χ4n) is 0.690. The molecule has 5 heteroatoms. The lowest BCUT2D eigenvalue weighted by atomic mass is 10.2. The van der Waals surface area contributed by atoms with Crippen LogP contribution < -0.4 is 16.8 Å². The van der Waals surface area contributed by atoms with Crippen molar-refractivity contribution in [3.05, 3.63) is 0 Å². The number of carbonyl (C=O) groups is 2. The standard InChI is InChI=1S/C7H15N3O2/c1-5(8)4-7(12)10-3-2-6(9)11/h5H,2-4,8H2,1H3,(H2,9,11)(H,10,12). The number of rotatable bonds is 5. The van der Waals surface area contributed by atoms with Crippen molar-refractivity contribution in [2.24, 2.45) is 11.5 Å². The number of amides is 2. The van der Waals surface area contributed by atoms with Crippen LogP contribution in [-0.2, 0) is 9.59 Å². The molecular weight excluding hydrogens is 158 g/mol. The molecule has 0 heterocycles. The van der Waals surface area contributed by atoms with Crippen LogP contribution in [0.15, 0.2) is 0 Å². The van der Waals surface area contributed by atoms with Gasteiger partial charge in [0.05, 0.1) is 0 Å². The van der Waals surface area contributed by atoms with Crippen molar-refractivity contribution in [3.8, 4) is 0 Å². The molecule has 70 valence electrons. The molecule has 1 atom stereocenters. The molecule has 5 nitrogen and oxygen atoms in total. The molecule has 0 saturated heterocycles. The lowest BCUT2D eigenvalue weighted by Gasteiger charge is -2.05. The van der Waals surface area contributed by atoms with Crippen LogP contribution in [0.4, 0.5) is 0 Å². The van der Waals surface area contributed by atoms with Gasteiger partial charge in [-0.2, -0.15) is 0 Å². The van der Waals surface area contributed by atoms with E-state index >= 15 is 0 Å². The first-order valence-corrected chi connectivity index (χ1v) is 3.83. The van der Waals surface area contributed by atoms with E-state index in [1.165, 1.54) is 0 Å². The molecule has 0 rings (SSSR count). The van der Waals surface area contributed by atoms with E-state index in [9.17, 15) is 9.59 Å². The van der Waals surface area contributed by atoms with Gasteiger partial charge in [0.1, 0.15) is 0 Å². The van der Waals surface area contributed by atoms with Crippen LogP contribution in [-0.4, -0.2) is 24.4 Å². The van der Waals surface area contributed by atoms with E-state index in [1.807, 2.05) is 0 Å². The van der Waals surface area contributed by atoms with Crippen molar-refractivity contribution in [1.82, 2.24) is 5.32 Å². The van der Waals surface area contributed by atoms with Crippen molar-refractivity contribution in [2.45, 2.75) is 25.8 Å². The Kier molecular flexibility index (Phi) is 5.03. The van der Waals surface area contributed by atoms with Gasteiger partial charge in [0.25, 0.3) is 0 Å². The monoisotopic (exact) mass is 173 g/mol. The summed E-state index contributed by atoms with van der Waals surface area (Å²) >= 11 is 0. The molecule has 0 bridgehead atoms. The average Bonchev–Trinajstić information content (AvgIpc) is 1.84. The highest BCUT2D eigenvalue weighted by molar-refractivity contribution is 5.78. The lowest BCUT2D eigenvalue weighted by Crippen LogP contribution is -2.32. The molecular formula is C7H15N3O2. The summed E-state index contributed by atoms with van der Waals surface area (Å²) in [6.45, 7) is 2.04. The van der Waals surface area contributed by atoms with Gasteiger partial charge in [0.15, 0.2) is 0 Å². The second kappa shape index (κ2) is 5.54. The van der Waals surface area contributed by atoms with E-state index in [0.717, 1.165) is 0 Å². The van der Waals surface area contributed by atoms with Gasteiger partial charge in [0.2, 0.25) is 11.8 Å². The number of carbonyl (C=O) groups excluding carboxylic acids is 2. The van der Waals surface area contributed by atoms with Gasteiger partial charge in [0, 0.05) is 25.4 Å². The van der Waals surface area contributed by atoms with E-state index in [-0.39, 0.29) is 24.8 Å². The highest BCUT2D eigenvalue weighted by Gasteiger charge is 2.03. The Labute approximate surface area is 71.5 Å². The predicted molar refractivity (Wildman–Crippen MR) is 45.1 cm³/mol. The molecule has 0 spiro atoms. The van der Waals surface area contributed by atoms with Crippen molar-refractivity contribution < 1.29 is 9.59 Å². The maximum Gasteiger partial charge on any atom is 0.221 e. The van der Waals surface area contributed by atoms with Gasteiger partial charge < -0.3 is 16.8 Å². The maximum absolute atomic E-state index is 10.9. The lowest BCUT2D eigenvalue weighted by molar-refractivity contribution is -0.121. The van der Waals surface area contributed by atoms with E-state index < -0.39 is 5.91 Å². The Bertz CT molecular complexity index is 168. The van der Waals surface area contributed by atoms with Crippen LogP contribution in [0, 0.1) is 0 Å². The summed E-state index contributed by atoms with van der Waals surface area (Å²) in [7, 11) is 0. The Morgan fingerprint density at radius 2 is 2.08 bits per heavy atom. The van der Waals surface area contributed by atoms with Gasteiger partial charge in [-0.05, 0) is 6.92 Å². The third-order valence-corrected chi connectivity index (χ3v) is 1.20. The second-order valence-electron chi connectivity index (χ2n) is 2.75. The van der Waals surface area contributed by atoms with Crippen LogP contribution in [0.25, 0.3) is 0 Å². The summed E-state index contributed by atoms with van der Waals surface area (Å²) in [4.78, 5) is 21.1. The zero-order chi connectivity index (χ0) is 9.56. The Morgan fingerprint density at radius 1 is 1.50 bits per heavy atom. The Balaban J connectivity index is 3.38. The minimum absolute atomic E-state index is 0.147. The average molecular weight is 173 g/mol. The van der Waals surface area contributed by atoms with Crippen LogP contribution >= 0.6 is 0 Å². The molecule has 12 heavy (non-hydrogen) atoms. The molecule has 1 unspecified atom stereocenters. The molecule has 0 aromatic rings. The molecule has 2 amide bonds. The van der Waals surface area contributed by atoms with E-state index in [4.69, 9.17) is 11.5 Å². The van der Waals surface area contributed by atoms with Gasteiger partial charge >= 0.3 is 0 Å². The van der Waals surface area contributed by atoms with Gasteiger partial charge in [-0.25, -0.2) is 0 Å². The first-order valence-electron chi connectivity index (χ1n) is 3.83. The fourth-order valence-corrected chi connectivity index (χ4v) is 0.690. The van der Waals surface area contributed by atoms with Crippen molar-refractivity contribution >= 4 is 11.8 Å². The van der Waals surface area contributed by atoms with Crippen molar-refractivity contribution in [1.29, 1.82) is 0 Å². The number of nitrogens with one attached hydrogen (secondary N) is 1. The van der Waals surface area contributed by atoms with Crippen LogP contribution in [0.2, 0.25) is 0 Å². The summed E-state index contributed by atoms with van der Waals surface area (Å²) in [6, 6.07) is -0.154. The van der Waals surface area contributed by atoms with Gasteiger partial charge in [-0.1, -0.05) is 0 Å². The third-order valence-electron chi connectivity index (χ3n) is 1.20. The summed E-state index contributed by atoms with van der Waals surface area (Å²) in [5.74, 6) is -0.567. The topological polar surface area (TPSA) is 98.2 Å². The van der Waals surface area contributed by atoms with Gasteiger partial charge in [-0.15, -0.1) is 0 Å². The smallest absolute Gasteiger partial charge is 0.221 e. The Morgan fingerprint density at radius 3 is 2.50 bits per heavy atom. The molecule has 0 radical (unpaired) electrons. The first kappa shape index (κ1) is 10.9. The third kappa shape index (κ3) is 7.01. The molecule has 0 aromatic heterocycles. The number of nitrogens with two attached hydrogens (primary N) is 2. The second-order valence-corrected chi connectivity index (χ2v) is 2.75. The highest BCUT2D eigenvalue weighted by Crippen LogP contribution is 1.85. The van der Waals surface area contributed by atoms with Crippen molar-refractivity contribution in [3.63, 3.8) is 0 Å². The highest BCUT2D eigenvalue weighted by atomic mass is 16.2. The Hall–Kier alpha value is -1.10. The van der Waals surface area contributed by atoms with E-state index in [0.29, 0.717) is 6.54 Å². The quantitative estimate of drug-likeness (QED) is 0.482. The number of primary amides is 1. The molecule has 0 saturated carbocycles. The molecule has 0 aliphatic rings. The minimum Gasteiger partial charge on any atom is -0.370 e. The van der Waals surface area contributed by atoms with Gasteiger partial charge in [-0.3, -0.25) is 9.59 Å². The minimum atomic E-state index is -0.420. The normalized spacial score (nSPS) is 12.2. The summed E-state index contributed by atoms with van der Waals surface area (Å²) in [5, 5.41) is 2.53. The maximum atomic E-state index is 10.9. The zero-order valence-corrected chi connectivity index (χ0v) is 7.17. The molecule has 0 aliphatic carbocycles. The number of hydrogen-bond acceptors (Lipinski definition) is 3. The molecule has 5 N–H and O–H groups in total. The van der Waals surface area contributed by atoms with Crippen LogP contribution in [0.5, 0.6) is 0 Å². The van der Waals surface area contributed by atoms with E-state index in [1.54, 1.807) is 6.92 Å². The molecule has 0 fully saturated rings. The first-order chi connectivity index (χ1) is 5.52. The summed E-state index contributed by atoms with van der Waals surface area (Å²) in [6.07, 6.45) is 0.448. The summed E-state index contributed by atoms with van der Waals surface area (Å²) < 4.78 is 0. The fraction of sp³-hybridized carbons (Fsp3) is 0.714. The molecule has 0 aliphatic heterocycles. The predicted octanol–water partition coefficient (Wildman–Crippen LogP) is -1.28.